The van der Waals surface area contributed by atoms with E-state index in [1.54, 1.807) is 31.2 Å². The molecule has 0 radical (unpaired) electrons. The van der Waals surface area contributed by atoms with Crippen LogP contribution in [0, 0.1) is 5.92 Å². The summed E-state index contributed by atoms with van der Waals surface area (Å²) in [5, 5.41) is 9.63. The maximum absolute atomic E-state index is 11.7. The standard InChI is InChI=1S/C15H22O3/c1-3-4-8-14(12(2)16)11-18-15(17)13-9-6-5-7-10-13/h5-7,9-10,12,14,16H,3-4,8,11H2,1-2H3. The first-order chi connectivity index (χ1) is 8.65. The molecule has 0 fully saturated rings. The van der Waals surface area contributed by atoms with Crippen LogP contribution in [0.25, 0.3) is 0 Å². The molecule has 0 aromatic heterocycles. The Hall–Kier alpha value is -1.35. The molecule has 0 amide bonds. The molecule has 0 saturated carbocycles. The van der Waals surface area contributed by atoms with Crippen LogP contribution < -0.4 is 0 Å². The van der Waals surface area contributed by atoms with E-state index in [1.165, 1.54) is 0 Å². The summed E-state index contributed by atoms with van der Waals surface area (Å²) in [5.41, 5.74) is 0.553. The second kappa shape index (κ2) is 7.88. The Morgan fingerprint density at radius 2 is 2.00 bits per heavy atom. The predicted octanol–water partition coefficient (Wildman–Crippen LogP) is 3.03. The van der Waals surface area contributed by atoms with Gasteiger partial charge in [-0.1, -0.05) is 38.0 Å². The molecule has 2 atom stereocenters. The SMILES string of the molecule is CCCCC(COC(=O)c1ccccc1)C(C)O. The van der Waals surface area contributed by atoms with Crippen LogP contribution in [0.3, 0.4) is 0 Å². The molecule has 0 bridgehead atoms. The zero-order valence-corrected chi connectivity index (χ0v) is 11.1. The predicted molar refractivity (Wildman–Crippen MR) is 71.4 cm³/mol. The summed E-state index contributed by atoms with van der Waals surface area (Å²) >= 11 is 0. The average Bonchev–Trinajstić information content (AvgIpc) is 2.39. The number of hydrogen-bond acceptors (Lipinski definition) is 3. The Labute approximate surface area is 109 Å². The van der Waals surface area contributed by atoms with Crippen molar-refractivity contribution in [3.63, 3.8) is 0 Å². The highest BCUT2D eigenvalue weighted by Gasteiger charge is 2.17. The molecule has 0 aliphatic carbocycles. The molecule has 1 rings (SSSR count). The molecule has 2 unspecified atom stereocenters. The van der Waals surface area contributed by atoms with Gasteiger partial charge in [0.15, 0.2) is 0 Å². The Morgan fingerprint density at radius 3 is 2.56 bits per heavy atom. The van der Waals surface area contributed by atoms with E-state index in [2.05, 4.69) is 6.92 Å². The van der Waals surface area contributed by atoms with E-state index < -0.39 is 6.10 Å². The summed E-state index contributed by atoms with van der Waals surface area (Å²) in [5.74, 6) is -0.296. The summed E-state index contributed by atoms with van der Waals surface area (Å²) in [6.07, 6.45) is 2.56. The minimum Gasteiger partial charge on any atom is -0.462 e. The van der Waals surface area contributed by atoms with Crippen LogP contribution in [0.4, 0.5) is 0 Å². The van der Waals surface area contributed by atoms with E-state index in [9.17, 15) is 9.90 Å². The van der Waals surface area contributed by atoms with Gasteiger partial charge < -0.3 is 9.84 Å². The first kappa shape index (κ1) is 14.7. The van der Waals surface area contributed by atoms with Gasteiger partial charge in [-0.3, -0.25) is 0 Å². The number of aliphatic hydroxyl groups is 1. The normalized spacial score (nSPS) is 13.9. The first-order valence-electron chi connectivity index (χ1n) is 6.55. The van der Waals surface area contributed by atoms with Gasteiger partial charge >= 0.3 is 5.97 Å². The Morgan fingerprint density at radius 1 is 1.33 bits per heavy atom. The fourth-order valence-electron chi connectivity index (χ4n) is 1.77. The number of carbonyl (C=O) groups excluding carboxylic acids is 1. The number of hydrogen-bond donors (Lipinski definition) is 1. The van der Waals surface area contributed by atoms with Crippen molar-refractivity contribution in [1.82, 2.24) is 0 Å². The molecule has 3 nitrogen and oxygen atoms in total. The summed E-state index contributed by atoms with van der Waals surface area (Å²) in [6.45, 7) is 4.14. The number of unbranched alkanes of at least 4 members (excludes halogenated alkanes) is 1. The number of aliphatic hydroxyl groups excluding tert-OH is 1. The second-order valence-corrected chi connectivity index (χ2v) is 4.61. The maximum Gasteiger partial charge on any atom is 0.338 e. The van der Waals surface area contributed by atoms with Gasteiger partial charge in [-0.2, -0.15) is 0 Å². The average molecular weight is 250 g/mol. The van der Waals surface area contributed by atoms with Crippen molar-refractivity contribution < 1.29 is 14.6 Å². The zero-order chi connectivity index (χ0) is 13.4. The van der Waals surface area contributed by atoms with Crippen LogP contribution in [0.2, 0.25) is 0 Å². The topological polar surface area (TPSA) is 46.5 Å². The fourth-order valence-corrected chi connectivity index (χ4v) is 1.77. The fraction of sp³-hybridized carbons (Fsp3) is 0.533. The number of benzene rings is 1. The van der Waals surface area contributed by atoms with Crippen LogP contribution >= 0.6 is 0 Å². The monoisotopic (exact) mass is 250 g/mol. The van der Waals surface area contributed by atoms with Crippen molar-refractivity contribution >= 4 is 5.97 Å². The lowest BCUT2D eigenvalue weighted by molar-refractivity contribution is 0.0245. The van der Waals surface area contributed by atoms with Crippen molar-refractivity contribution in [2.75, 3.05) is 6.61 Å². The molecular formula is C15H22O3. The largest absolute Gasteiger partial charge is 0.462 e. The van der Waals surface area contributed by atoms with Gasteiger partial charge in [0.05, 0.1) is 18.3 Å². The van der Waals surface area contributed by atoms with Crippen molar-refractivity contribution in [1.29, 1.82) is 0 Å². The number of esters is 1. The molecule has 1 aromatic rings. The van der Waals surface area contributed by atoms with E-state index in [4.69, 9.17) is 4.74 Å². The van der Waals surface area contributed by atoms with Crippen molar-refractivity contribution in [2.45, 2.75) is 39.2 Å². The van der Waals surface area contributed by atoms with E-state index in [-0.39, 0.29) is 18.5 Å². The highest BCUT2D eigenvalue weighted by Crippen LogP contribution is 2.14. The van der Waals surface area contributed by atoms with Gasteiger partial charge in [-0.05, 0) is 25.5 Å². The minimum atomic E-state index is -0.444. The van der Waals surface area contributed by atoms with Gasteiger partial charge in [0, 0.05) is 5.92 Å². The van der Waals surface area contributed by atoms with E-state index >= 15 is 0 Å². The molecule has 18 heavy (non-hydrogen) atoms. The number of carbonyl (C=O) groups is 1. The van der Waals surface area contributed by atoms with Crippen LogP contribution in [-0.4, -0.2) is 23.8 Å². The molecule has 0 aliphatic rings. The van der Waals surface area contributed by atoms with Crippen LogP contribution in [0.1, 0.15) is 43.5 Å². The summed E-state index contributed by atoms with van der Waals surface area (Å²) in [4.78, 5) is 11.7. The number of rotatable bonds is 7. The van der Waals surface area contributed by atoms with Gasteiger partial charge in [-0.15, -0.1) is 0 Å². The summed E-state index contributed by atoms with van der Waals surface area (Å²) in [7, 11) is 0. The van der Waals surface area contributed by atoms with Crippen molar-refractivity contribution in [3.8, 4) is 0 Å². The number of ether oxygens (including phenoxy) is 1. The highest BCUT2D eigenvalue weighted by atomic mass is 16.5. The van der Waals surface area contributed by atoms with Gasteiger partial charge in [0.1, 0.15) is 0 Å². The summed E-state index contributed by atoms with van der Waals surface area (Å²) in [6, 6.07) is 8.92. The van der Waals surface area contributed by atoms with Gasteiger partial charge in [0.2, 0.25) is 0 Å². The molecule has 100 valence electrons. The third kappa shape index (κ3) is 4.88. The quantitative estimate of drug-likeness (QED) is 0.757. The van der Waals surface area contributed by atoms with Gasteiger partial charge in [0.25, 0.3) is 0 Å². The third-order valence-corrected chi connectivity index (χ3v) is 3.05. The molecule has 0 saturated heterocycles. The molecule has 0 aliphatic heterocycles. The Balaban J connectivity index is 2.44. The van der Waals surface area contributed by atoms with Crippen molar-refractivity contribution in [2.24, 2.45) is 5.92 Å². The Kier molecular flexibility index (Phi) is 6.44. The molecule has 0 heterocycles. The van der Waals surface area contributed by atoms with Crippen molar-refractivity contribution in [3.05, 3.63) is 35.9 Å². The third-order valence-electron chi connectivity index (χ3n) is 3.05. The van der Waals surface area contributed by atoms with Gasteiger partial charge in [-0.25, -0.2) is 4.79 Å². The van der Waals surface area contributed by atoms with Crippen LogP contribution in [-0.2, 0) is 4.74 Å². The molecule has 1 aromatic carbocycles. The van der Waals surface area contributed by atoms with E-state index in [0.717, 1.165) is 19.3 Å². The molecule has 3 heteroatoms. The maximum atomic E-state index is 11.7. The molecule has 0 spiro atoms. The smallest absolute Gasteiger partial charge is 0.338 e. The highest BCUT2D eigenvalue weighted by molar-refractivity contribution is 5.89. The molecular weight excluding hydrogens is 228 g/mol. The lowest BCUT2D eigenvalue weighted by atomic mass is 9.98. The Bertz CT molecular complexity index is 346. The summed E-state index contributed by atoms with van der Waals surface area (Å²) < 4.78 is 5.25. The lowest BCUT2D eigenvalue weighted by Crippen LogP contribution is -2.24. The minimum absolute atomic E-state index is 0.0256. The lowest BCUT2D eigenvalue weighted by Gasteiger charge is -2.19. The van der Waals surface area contributed by atoms with Crippen LogP contribution in [0.5, 0.6) is 0 Å². The molecule has 1 N–H and O–H groups in total. The van der Waals surface area contributed by atoms with Crippen LogP contribution in [0.15, 0.2) is 30.3 Å². The second-order valence-electron chi connectivity index (χ2n) is 4.61. The first-order valence-corrected chi connectivity index (χ1v) is 6.55. The van der Waals surface area contributed by atoms with E-state index in [0.29, 0.717) is 5.56 Å². The van der Waals surface area contributed by atoms with E-state index in [1.807, 2.05) is 6.07 Å². The zero-order valence-electron chi connectivity index (χ0n) is 11.1.